The van der Waals surface area contributed by atoms with Crippen molar-refractivity contribution in [1.29, 1.82) is 0 Å². The Kier molecular flexibility index (Phi) is 1.96. The van der Waals surface area contributed by atoms with Crippen LogP contribution in [0.1, 0.15) is 0 Å². The highest BCUT2D eigenvalue weighted by atomic mass is 17.1. The third-order valence-electron chi connectivity index (χ3n) is 0.956. The first kappa shape index (κ1) is 5.68. The van der Waals surface area contributed by atoms with E-state index in [-0.39, 0.29) is 6.10 Å². The molecule has 1 heterocycles. The fourth-order valence-corrected chi connectivity index (χ4v) is 0.559. The standard InChI is InChI=1S/C4H8N2O2/c7-8-4-1-5-3-6-2-4/h1,4,6-7H,2-3H2. The molecule has 1 aliphatic rings. The van der Waals surface area contributed by atoms with Crippen LogP contribution in [0, 0.1) is 0 Å². The van der Waals surface area contributed by atoms with Gasteiger partial charge in [0.05, 0.1) is 6.67 Å². The second kappa shape index (κ2) is 2.76. The van der Waals surface area contributed by atoms with Crippen molar-refractivity contribution in [2.45, 2.75) is 6.10 Å². The minimum Gasteiger partial charge on any atom is -0.295 e. The molecule has 8 heavy (non-hydrogen) atoms. The van der Waals surface area contributed by atoms with Crippen LogP contribution < -0.4 is 5.32 Å². The molecule has 0 spiro atoms. The molecule has 0 amide bonds. The molecule has 1 aliphatic heterocycles. The zero-order chi connectivity index (χ0) is 5.82. The van der Waals surface area contributed by atoms with Crippen molar-refractivity contribution in [2.75, 3.05) is 13.2 Å². The van der Waals surface area contributed by atoms with E-state index in [1.807, 2.05) is 0 Å². The van der Waals surface area contributed by atoms with Crippen molar-refractivity contribution in [3.8, 4) is 0 Å². The summed E-state index contributed by atoms with van der Waals surface area (Å²) in [4.78, 5) is 7.79. The second-order valence-corrected chi connectivity index (χ2v) is 1.59. The lowest BCUT2D eigenvalue weighted by Crippen LogP contribution is -2.34. The molecule has 4 heteroatoms. The summed E-state index contributed by atoms with van der Waals surface area (Å²) in [7, 11) is 0. The van der Waals surface area contributed by atoms with Gasteiger partial charge in [0.15, 0.2) is 0 Å². The Labute approximate surface area is 47.1 Å². The zero-order valence-corrected chi connectivity index (χ0v) is 4.37. The van der Waals surface area contributed by atoms with Crippen molar-refractivity contribution in [1.82, 2.24) is 5.32 Å². The predicted molar refractivity (Wildman–Crippen MR) is 28.9 cm³/mol. The predicted octanol–water partition coefficient (Wildman–Crippen LogP) is -0.524. The number of aliphatic imine (C=N–C) groups is 1. The largest absolute Gasteiger partial charge is 0.295 e. The van der Waals surface area contributed by atoms with Gasteiger partial charge in [0.25, 0.3) is 0 Å². The number of rotatable bonds is 1. The highest BCUT2D eigenvalue weighted by molar-refractivity contribution is 5.63. The Morgan fingerprint density at radius 1 is 1.88 bits per heavy atom. The molecule has 0 aromatic rings. The van der Waals surface area contributed by atoms with Crippen LogP contribution in [0.2, 0.25) is 0 Å². The van der Waals surface area contributed by atoms with Crippen LogP contribution in [0.15, 0.2) is 4.99 Å². The molecule has 1 rings (SSSR count). The van der Waals surface area contributed by atoms with Gasteiger partial charge in [-0.1, -0.05) is 0 Å². The Hall–Kier alpha value is -0.450. The van der Waals surface area contributed by atoms with Gasteiger partial charge in [-0.05, 0) is 0 Å². The molecule has 0 radical (unpaired) electrons. The molecule has 0 aliphatic carbocycles. The van der Waals surface area contributed by atoms with Crippen molar-refractivity contribution < 1.29 is 10.1 Å². The highest BCUT2D eigenvalue weighted by Gasteiger charge is 2.06. The Bertz CT molecular complexity index is 94.0. The van der Waals surface area contributed by atoms with Crippen LogP contribution in [-0.2, 0) is 4.89 Å². The second-order valence-electron chi connectivity index (χ2n) is 1.59. The SMILES string of the molecule is OOC1C=NCNC1. The molecule has 0 bridgehead atoms. The maximum absolute atomic E-state index is 8.06. The van der Waals surface area contributed by atoms with E-state index in [0.717, 1.165) is 0 Å². The summed E-state index contributed by atoms with van der Waals surface area (Å²) in [5.74, 6) is 0. The summed E-state index contributed by atoms with van der Waals surface area (Å²) in [6, 6.07) is 0. The molecular formula is C4H8N2O2. The topological polar surface area (TPSA) is 53.9 Å². The number of hydrogen-bond donors (Lipinski definition) is 2. The molecular weight excluding hydrogens is 108 g/mol. The van der Waals surface area contributed by atoms with Gasteiger partial charge in [-0.2, -0.15) is 0 Å². The van der Waals surface area contributed by atoms with Crippen molar-refractivity contribution >= 4 is 6.21 Å². The molecule has 2 N–H and O–H groups in total. The summed E-state index contributed by atoms with van der Waals surface area (Å²) < 4.78 is 0. The normalized spacial score (nSPS) is 28.4. The van der Waals surface area contributed by atoms with Gasteiger partial charge in [-0.15, -0.1) is 0 Å². The summed E-state index contributed by atoms with van der Waals surface area (Å²) in [6.07, 6.45) is 1.32. The molecule has 4 nitrogen and oxygen atoms in total. The van der Waals surface area contributed by atoms with Crippen LogP contribution in [0.25, 0.3) is 0 Å². The van der Waals surface area contributed by atoms with Crippen LogP contribution >= 0.6 is 0 Å². The van der Waals surface area contributed by atoms with E-state index in [1.165, 1.54) is 0 Å². The first-order chi connectivity index (χ1) is 3.93. The van der Waals surface area contributed by atoms with Gasteiger partial charge in [-0.25, -0.2) is 4.89 Å². The molecule has 0 aromatic carbocycles. The summed E-state index contributed by atoms with van der Waals surface area (Å²) in [5.41, 5.74) is 0. The van der Waals surface area contributed by atoms with E-state index < -0.39 is 0 Å². The van der Waals surface area contributed by atoms with Crippen molar-refractivity contribution in [2.24, 2.45) is 4.99 Å². The van der Waals surface area contributed by atoms with Gasteiger partial charge in [0.1, 0.15) is 6.10 Å². The molecule has 1 atom stereocenters. The van der Waals surface area contributed by atoms with Crippen molar-refractivity contribution in [3.63, 3.8) is 0 Å². The molecule has 0 fully saturated rings. The van der Waals surface area contributed by atoms with E-state index in [2.05, 4.69) is 15.2 Å². The summed E-state index contributed by atoms with van der Waals surface area (Å²) in [6.45, 7) is 1.26. The minimum atomic E-state index is -0.260. The third kappa shape index (κ3) is 1.26. The van der Waals surface area contributed by atoms with Gasteiger partial charge < -0.3 is 0 Å². The molecule has 1 unspecified atom stereocenters. The van der Waals surface area contributed by atoms with Crippen LogP contribution in [0.3, 0.4) is 0 Å². The van der Waals surface area contributed by atoms with E-state index in [0.29, 0.717) is 13.2 Å². The maximum Gasteiger partial charge on any atom is 0.140 e. The number of nitrogens with one attached hydrogen (secondary N) is 1. The third-order valence-corrected chi connectivity index (χ3v) is 0.956. The Morgan fingerprint density at radius 3 is 3.12 bits per heavy atom. The molecule has 0 aromatic heterocycles. The lowest BCUT2D eigenvalue weighted by Gasteiger charge is -2.11. The lowest BCUT2D eigenvalue weighted by molar-refractivity contribution is -0.258. The summed E-state index contributed by atoms with van der Waals surface area (Å²) in [5, 5.41) is 11.0. The monoisotopic (exact) mass is 116 g/mol. The van der Waals surface area contributed by atoms with Crippen LogP contribution in [0.5, 0.6) is 0 Å². The van der Waals surface area contributed by atoms with E-state index in [9.17, 15) is 0 Å². The highest BCUT2D eigenvalue weighted by Crippen LogP contribution is 1.86. The fraction of sp³-hybridized carbons (Fsp3) is 0.750. The average Bonchev–Trinajstić information content (AvgIpc) is 1.90. The fourth-order valence-electron chi connectivity index (χ4n) is 0.559. The van der Waals surface area contributed by atoms with Gasteiger partial charge >= 0.3 is 0 Å². The lowest BCUT2D eigenvalue weighted by atomic mass is 10.4. The Balaban J connectivity index is 2.32. The van der Waals surface area contributed by atoms with E-state index in [1.54, 1.807) is 6.21 Å². The van der Waals surface area contributed by atoms with Gasteiger partial charge in [0, 0.05) is 12.8 Å². The first-order valence-corrected chi connectivity index (χ1v) is 2.44. The smallest absolute Gasteiger partial charge is 0.140 e. The molecule has 46 valence electrons. The van der Waals surface area contributed by atoms with Gasteiger partial charge in [-0.3, -0.25) is 15.6 Å². The van der Waals surface area contributed by atoms with E-state index >= 15 is 0 Å². The van der Waals surface area contributed by atoms with Crippen molar-refractivity contribution in [3.05, 3.63) is 0 Å². The number of nitrogens with zero attached hydrogens (tertiary/aromatic N) is 1. The first-order valence-electron chi connectivity index (χ1n) is 2.44. The maximum atomic E-state index is 8.06. The van der Waals surface area contributed by atoms with Gasteiger partial charge in [0.2, 0.25) is 0 Å². The minimum absolute atomic E-state index is 0.260. The quantitative estimate of drug-likeness (QED) is 0.358. The number of hydrogen-bond acceptors (Lipinski definition) is 4. The summed E-state index contributed by atoms with van der Waals surface area (Å²) >= 11 is 0. The average molecular weight is 116 g/mol. The molecule has 0 saturated carbocycles. The van der Waals surface area contributed by atoms with E-state index in [4.69, 9.17) is 5.26 Å². The van der Waals surface area contributed by atoms with Crippen LogP contribution in [0.4, 0.5) is 0 Å². The van der Waals surface area contributed by atoms with Crippen LogP contribution in [-0.4, -0.2) is 30.8 Å². The molecule has 0 saturated heterocycles. The Morgan fingerprint density at radius 2 is 2.75 bits per heavy atom. The zero-order valence-electron chi connectivity index (χ0n) is 4.37.